The zero-order chi connectivity index (χ0) is 20.3. The van der Waals surface area contributed by atoms with E-state index < -0.39 is 15.9 Å². The molecule has 0 unspecified atom stereocenters. The summed E-state index contributed by atoms with van der Waals surface area (Å²) in [5.41, 5.74) is 0.703. The number of halogens is 2. The molecule has 1 aliphatic heterocycles. The van der Waals surface area contributed by atoms with E-state index >= 15 is 0 Å². The van der Waals surface area contributed by atoms with Crippen molar-refractivity contribution in [2.75, 3.05) is 24.7 Å². The van der Waals surface area contributed by atoms with Crippen molar-refractivity contribution in [3.8, 4) is 0 Å². The summed E-state index contributed by atoms with van der Waals surface area (Å²) in [7, 11) is -3.83. The highest BCUT2D eigenvalue weighted by Gasteiger charge is 2.34. The Morgan fingerprint density at radius 3 is 2.75 bits per heavy atom. The molecule has 0 aliphatic carbocycles. The minimum atomic E-state index is -3.83. The second-order valence-corrected chi connectivity index (χ2v) is 10.1. The smallest absolute Gasteiger partial charge is 0.244 e. The molecule has 0 aromatic heterocycles. The Kier molecular flexibility index (Phi) is 6.94. The number of carbonyl (C=O) groups is 1. The van der Waals surface area contributed by atoms with Gasteiger partial charge in [-0.3, -0.25) is 4.79 Å². The summed E-state index contributed by atoms with van der Waals surface area (Å²) in [4.78, 5) is 13.7. The largest absolute Gasteiger partial charge is 0.326 e. The van der Waals surface area contributed by atoms with Crippen LogP contribution in [0.25, 0.3) is 0 Å². The molecule has 1 heterocycles. The van der Waals surface area contributed by atoms with Crippen molar-refractivity contribution in [2.24, 2.45) is 5.92 Å². The van der Waals surface area contributed by atoms with Crippen molar-refractivity contribution in [3.63, 3.8) is 0 Å². The van der Waals surface area contributed by atoms with Gasteiger partial charge in [-0.1, -0.05) is 29.3 Å². The van der Waals surface area contributed by atoms with Crippen molar-refractivity contribution in [3.05, 3.63) is 52.5 Å². The first kappa shape index (κ1) is 21.5. The SMILES string of the molecule is CSc1cccc(NC(=O)[C@H]2CCCN(S(=O)(=O)c3cc(Cl)ccc3Cl)C2)c1. The molecule has 9 heteroatoms. The molecule has 1 saturated heterocycles. The van der Waals surface area contributed by atoms with Gasteiger partial charge < -0.3 is 5.32 Å². The van der Waals surface area contributed by atoms with Crippen LogP contribution in [0.3, 0.4) is 0 Å². The van der Waals surface area contributed by atoms with Crippen molar-refractivity contribution in [1.82, 2.24) is 4.31 Å². The summed E-state index contributed by atoms with van der Waals surface area (Å²) in [5.74, 6) is -0.616. The molecule has 0 spiro atoms. The molecule has 150 valence electrons. The van der Waals surface area contributed by atoms with E-state index in [0.29, 0.717) is 30.1 Å². The second kappa shape index (κ2) is 9.05. The highest BCUT2D eigenvalue weighted by atomic mass is 35.5. The maximum Gasteiger partial charge on any atom is 0.244 e. The molecule has 1 atom stereocenters. The molecule has 1 fully saturated rings. The third-order valence-electron chi connectivity index (χ3n) is 4.60. The van der Waals surface area contributed by atoms with Gasteiger partial charge in [0.15, 0.2) is 0 Å². The number of nitrogens with one attached hydrogen (secondary N) is 1. The van der Waals surface area contributed by atoms with Crippen LogP contribution in [-0.2, 0) is 14.8 Å². The van der Waals surface area contributed by atoms with E-state index in [9.17, 15) is 13.2 Å². The number of thioether (sulfide) groups is 1. The van der Waals surface area contributed by atoms with E-state index in [1.165, 1.54) is 22.5 Å². The Labute approximate surface area is 179 Å². The minimum absolute atomic E-state index is 0.0320. The summed E-state index contributed by atoms with van der Waals surface area (Å²) in [6.07, 6.45) is 3.19. The lowest BCUT2D eigenvalue weighted by Crippen LogP contribution is -2.43. The van der Waals surface area contributed by atoms with Gasteiger partial charge >= 0.3 is 0 Å². The van der Waals surface area contributed by atoms with Crippen molar-refractivity contribution in [1.29, 1.82) is 0 Å². The standard InChI is InChI=1S/C19H20Cl2N2O3S2/c1-27-16-6-2-5-15(11-16)22-19(24)13-4-3-9-23(12-13)28(25,26)18-10-14(20)7-8-17(18)21/h2,5-8,10-11,13H,3-4,9,12H2,1H3,(H,22,24)/t13-/m0/s1. The van der Waals surface area contributed by atoms with Crippen molar-refractivity contribution < 1.29 is 13.2 Å². The third-order valence-corrected chi connectivity index (χ3v) is 7.91. The first-order chi connectivity index (χ1) is 13.3. The van der Waals surface area contributed by atoms with Gasteiger partial charge in [0.2, 0.25) is 15.9 Å². The van der Waals surface area contributed by atoms with Crippen LogP contribution in [0.2, 0.25) is 10.0 Å². The van der Waals surface area contributed by atoms with E-state index in [1.54, 1.807) is 11.8 Å². The summed E-state index contributed by atoms with van der Waals surface area (Å²) < 4.78 is 27.4. The Balaban J connectivity index is 1.76. The van der Waals surface area contributed by atoms with Gasteiger partial charge in [0.25, 0.3) is 0 Å². The van der Waals surface area contributed by atoms with Crippen molar-refractivity contribution >= 4 is 56.6 Å². The van der Waals surface area contributed by atoms with Crippen LogP contribution in [0.4, 0.5) is 5.69 Å². The van der Waals surface area contributed by atoms with Gasteiger partial charge in [0, 0.05) is 28.7 Å². The topological polar surface area (TPSA) is 66.5 Å². The molecule has 0 radical (unpaired) electrons. The summed E-state index contributed by atoms with van der Waals surface area (Å²) in [5, 5.41) is 3.31. The number of rotatable bonds is 5. The molecule has 28 heavy (non-hydrogen) atoms. The average molecular weight is 459 g/mol. The quantitative estimate of drug-likeness (QED) is 0.656. The average Bonchev–Trinajstić information content (AvgIpc) is 2.70. The predicted molar refractivity (Wildman–Crippen MR) is 115 cm³/mol. The number of nitrogens with zero attached hydrogens (tertiary/aromatic N) is 1. The molecule has 5 nitrogen and oxygen atoms in total. The number of benzene rings is 2. The Bertz CT molecular complexity index is 983. The zero-order valence-corrected chi connectivity index (χ0v) is 18.3. The molecular weight excluding hydrogens is 439 g/mol. The first-order valence-electron chi connectivity index (χ1n) is 8.71. The fourth-order valence-corrected chi connectivity index (χ4v) is 5.85. The number of amides is 1. The number of carbonyl (C=O) groups excluding carboxylic acids is 1. The van der Waals surface area contributed by atoms with Crippen LogP contribution in [0.1, 0.15) is 12.8 Å². The molecular formula is C19H20Cl2N2O3S2. The van der Waals surface area contributed by atoms with Crippen molar-refractivity contribution in [2.45, 2.75) is 22.6 Å². The maximum atomic E-state index is 13.0. The van der Waals surface area contributed by atoms with Gasteiger partial charge in [-0.2, -0.15) is 4.31 Å². The molecule has 2 aromatic carbocycles. The Morgan fingerprint density at radius 2 is 2.00 bits per heavy atom. The van der Waals surface area contributed by atoms with Gasteiger partial charge in [-0.15, -0.1) is 11.8 Å². The molecule has 1 amide bonds. The van der Waals surface area contributed by atoms with Gasteiger partial charge in [0.1, 0.15) is 4.90 Å². The first-order valence-corrected chi connectivity index (χ1v) is 12.1. The van der Waals surface area contributed by atoms with E-state index in [2.05, 4.69) is 5.32 Å². The van der Waals surface area contributed by atoms with Gasteiger partial charge in [-0.25, -0.2) is 8.42 Å². The van der Waals surface area contributed by atoms with Crippen LogP contribution >= 0.6 is 35.0 Å². The summed E-state index contributed by atoms with van der Waals surface area (Å²) in [6.45, 7) is 0.455. The number of anilines is 1. The van der Waals surface area contributed by atoms with E-state index in [-0.39, 0.29) is 22.4 Å². The minimum Gasteiger partial charge on any atom is -0.326 e. The molecule has 1 aliphatic rings. The van der Waals surface area contributed by atoms with Crippen LogP contribution in [0.5, 0.6) is 0 Å². The highest BCUT2D eigenvalue weighted by Crippen LogP contribution is 2.31. The van der Waals surface area contributed by atoms with E-state index in [4.69, 9.17) is 23.2 Å². The predicted octanol–water partition coefficient (Wildman–Crippen LogP) is 4.75. The number of sulfonamides is 1. The van der Waals surface area contributed by atoms with Crippen LogP contribution in [-0.4, -0.2) is 38.0 Å². The number of hydrogen-bond acceptors (Lipinski definition) is 4. The maximum absolute atomic E-state index is 13.0. The fraction of sp³-hybridized carbons (Fsp3) is 0.316. The van der Waals surface area contributed by atoms with E-state index in [1.807, 2.05) is 30.5 Å². The lowest BCUT2D eigenvalue weighted by atomic mass is 9.99. The summed E-state index contributed by atoms with van der Waals surface area (Å²) in [6, 6.07) is 11.9. The Hall–Kier alpha value is -1.25. The fourth-order valence-electron chi connectivity index (χ4n) is 3.13. The van der Waals surface area contributed by atoms with Gasteiger partial charge in [-0.05, 0) is 55.5 Å². The molecule has 1 N–H and O–H groups in total. The zero-order valence-electron chi connectivity index (χ0n) is 15.2. The van der Waals surface area contributed by atoms with Crippen LogP contribution in [0.15, 0.2) is 52.3 Å². The highest BCUT2D eigenvalue weighted by molar-refractivity contribution is 7.98. The second-order valence-electron chi connectivity index (χ2n) is 6.50. The lowest BCUT2D eigenvalue weighted by Gasteiger charge is -2.31. The molecule has 3 rings (SSSR count). The normalized spacial score (nSPS) is 18.0. The monoisotopic (exact) mass is 458 g/mol. The number of piperidine rings is 1. The summed E-state index contributed by atoms with van der Waals surface area (Å²) >= 11 is 13.6. The van der Waals surface area contributed by atoms with Crippen LogP contribution < -0.4 is 5.32 Å². The third kappa shape index (κ3) is 4.83. The molecule has 0 saturated carbocycles. The number of hydrogen-bond donors (Lipinski definition) is 1. The molecule has 0 bridgehead atoms. The van der Waals surface area contributed by atoms with Gasteiger partial charge in [0.05, 0.1) is 10.9 Å². The molecule has 2 aromatic rings. The lowest BCUT2D eigenvalue weighted by molar-refractivity contribution is -0.120. The van der Waals surface area contributed by atoms with Crippen LogP contribution in [0, 0.1) is 5.92 Å². The van der Waals surface area contributed by atoms with E-state index in [0.717, 1.165) is 4.90 Å². The Morgan fingerprint density at radius 1 is 1.21 bits per heavy atom.